The van der Waals surface area contributed by atoms with Gasteiger partial charge in [-0.2, -0.15) is 4.98 Å². The molecule has 124 valence electrons. The summed E-state index contributed by atoms with van der Waals surface area (Å²) in [6.07, 6.45) is 1.55. The van der Waals surface area contributed by atoms with E-state index in [2.05, 4.69) is 31.2 Å². The van der Waals surface area contributed by atoms with Crippen LogP contribution >= 0.6 is 15.9 Å². The second-order valence-corrected chi connectivity index (χ2v) is 6.05. The maximum atomic E-state index is 14.0. The Kier molecular flexibility index (Phi) is 4.92. The van der Waals surface area contributed by atoms with Gasteiger partial charge in [0.2, 0.25) is 5.88 Å². The van der Waals surface area contributed by atoms with Crippen LogP contribution in [0.1, 0.15) is 11.1 Å². The molecule has 2 aromatic heterocycles. The molecule has 0 amide bonds. The Hall–Kier alpha value is -2.25. The zero-order valence-corrected chi connectivity index (χ0v) is 14.5. The van der Waals surface area contributed by atoms with Crippen molar-refractivity contribution >= 4 is 32.7 Å². The minimum Gasteiger partial charge on any atom is -0.481 e. The largest absolute Gasteiger partial charge is 0.481 e. The van der Waals surface area contributed by atoms with Gasteiger partial charge in [-0.15, -0.1) is 0 Å². The van der Waals surface area contributed by atoms with Crippen LogP contribution in [0.25, 0.3) is 11.0 Å². The van der Waals surface area contributed by atoms with Crippen molar-refractivity contribution in [2.75, 3.05) is 12.4 Å². The van der Waals surface area contributed by atoms with Crippen molar-refractivity contribution in [3.8, 4) is 5.88 Å². The van der Waals surface area contributed by atoms with E-state index in [1.54, 1.807) is 24.4 Å². The van der Waals surface area contributed by atoms with Gasteiger partial charge < -0.3 is 15.2 Å². The number of methoxy groups -OCH3 is 1. The van der Waals surface area contributed by atoms with Crippen LogP contribution in [0.5, 0.6) is 5.88 Å². The highest BCUT2D eigenvalue weighted by Gasteiger charge is 2.11. The molecule has 5 nitrogen and oxygen atoms in total. The summed E-state index contributed by atoms with van der Waals surface area (Å²) >= 11 is 3.24. The van der Waals surface area contributed by atoms with Crippen LogP contribution in [-0.2, 0) is 13.2 Å². The first kappa shape index (κ1) is 16.6. The molecule has 0 saturated heterocycles. The van der Waals surface area contributed by atoms with E-state index < -0.39 is 0 Å². The summed E-state index contributed by atoms with van der Waals surface area (Å²) in [5.74, 6) is 0.150. The van der Waals surface area contributed by atoms with Gasteiger partial charge in [-0.3, -0.25) is 0 Å². The SMILES string of the molecule is COc1ccc2c(NCc3ccc(Br)cc3F)c(CO)cnc2n1. The third kappa shape index (κ3) is 3.32. The molecule has 0 atom stereocenters. The summed E-state index contributed by atoms with van der Waals surface area (Å²) in [5.41, 5.74) is 2.31. The Morgan fingerprint density at radius 1 is 1.25 bits per heavy atom. The van der Waals surface area contributed by atoms with E-state index in [0.717, 1.165) is 5.39 Å². The van der Waals surface area contributed by atoms with Crippen molar-refractivity contribution in [1.29, 1.82) is 0 Å². The van der Waals surface area contributed by atoms with Crippen LogP contribution in [-0.4, -0.2) is 22.2 Å². The Bertz CT molecular complexity index is 889. The molecule has 24 heavy (non-hydrogen) atoms. The predicted molar refractivity (Wildman–Crippen MR) is 93.4 cm³/mol. The van der Waals surface area contributed by atoms with Crippen LogP contribution in [0.3, 0.4) is 0 Å². The zero-order valence-electron chi connectivity index (χ0n) is 12.9. The number of aliphatic hydroxyl groups excluding tert-OH is 1. The monoisotopic (exact) mass is 391 g/mol. The van der Waals surface area contributed by atoms with Gasteiger partial charge in [0.25, 0.3) is 0 Å². The van der Waals surface area contributed by atoms with Gasteiger partial charge in [0.05, 0.1) is 19.4 Å². The summed E-state index contributed by atoms with van der Waals surface area (Å²) in [6, 6.07) is 8.44. The van der Waals surface area contributed by atoms with Crippen molar-refractivity contribution in [2.24, 2.45) is 0 Å². The Balaban J connectivity index is 1.97. The van der Waals surface area contributed by atoms with Gasteiger partial charge in [0.1, 0.15) is 5.82 Å². The number of halogens is 2. The van der Waals surface area contributed by atoms with E-state index in [-0.39, 0.29) is 19.0 Å². The smallest absolute Gasteiger partial charge is 0.215 e. The first-order valence-electron chi connectivity index (χ1n) is 7.23. The quantitative estimate of drug-likeness (QED) is 0.694. The first-order valence-corrected chi connectivity index (χ1v) is 8.03. The lowest BCUT2D eigenvalue weighted by atomic mass is 10.1. The normalized spacial score (nSPS) is 10.8. The number of hydrogen-bond acceptors (Lipinski definition) is 5. The number of benzene rings is 1. The van der Waals surface area contributed by atoms with Crippen LogP contribution in [0.4, 0.5) is 10.1 Å². The van der Waals surface area contributed by atoms with Crippen molar-refractivity contribution in [3.05, 3.63) is 57.9 Å². The van der Waals surface area contributed by atoms with E-state index in [4.69, 9.17) is 4.74 Å². The Morgan fingerprint density at radius 3 is 2.79 bits per heavy atom. The zero-order chi connectivity index (χ0) is 17.1. The minimum absolute atomic E-state index is 0.180. The van der Waals surface area contributed by atoms with E-state index in [1.807, 2.05) is 6.07 Å². The number of pyridine rings is 2. The highest BCUT2D eigenvalue weighted by Crippen LogP contribution is 2.27. The van der Waals surface area contributed by atoms with Gasteiger partial charge in [-0.25, -0.2) is 9.37 Å². The lowest BCUT2D eigenvalue weighted by Crippen LogP contribution is -2.06. The molecule has 0 unspecified atom stereocenters. The minimum atomic E-state index is -0.305. The van der Waals surface area contributed by atoms with Gasteiger partial charge >= 0.3 is 0 Å². The Labute approximate surface area is 146 Å². The maximum absolute atomic E-state index is 14.0. The number of aromatic nitrogens is 2. The standard InChI is InChI=1S/C17H15BrFN3O2/c1-24-15-5-4-13-16(11(9-23)8-21-17(13)22-15)20-7-10-2-3-12(18)6-14(10)19/h2-6,8,23H,7,9H2,1H3,(H,20,21,22). The number of rotatable bonds is 5. The van der Waals surface area contributed by atoms with Gasteiger partial charge in [-0.05, 0) is 18.2 Å². The predicted octanol–water partition coefficient (Wildman–Crippen LogP) is 3.64. The molecule has 0 aliphatic carbocycles. The molecule has 0 saturated carbocycles. The summed E-state index contributed by atoms with van der Waals surface area (Å²) in [7, 11) is 1.53. The van der Waals surface area contributed by atoms with E-state index in [0.29, 0.717) is 32.8 Å². The number of ether oxygens (including phenoxy) is 1. The molecule has 0 bridgehead atoms. The fourth-order valence-electron chi connectivity index (χ4n) is 2.39. The molecule has 0 aliphatic heterocycles. The molecule has 2 N–H and O–H groups in total. The maximum Gasteiger partial charge on any atom is 0.215 e. The molecule has 0 fully saturated rings. The van der Waals surface area contributed by atoms with Gasteiger partial charge in [-0.1, -0.05) is 22.0 Å². The number of hydrogen-bond donors (Lipinski definition) is 2. The topological polar surface area (TPSA) is 67.3 Å². The highest BCUT2D eigenvalue weighted by atomic mass is 79.9. The third-order valence-electron chi connectivity index (χ3n) is 3.63. The van der Waals surface area contributed by atoms with Gasteiger partial charge in [0.15, 0.2) is 5.65 Å². The summed E-state index contributed by atoms with van der Waals surface area (Å²) < 4.78 is 19.8. The molecule has 2 heterocycles. The van der Waals surface area contributed by atoms with E-state index in [1.165, 1.54) is 13.2 Å². The number of aliphatic hydroxyl groups is 1. The third-order valence-corrected chi connectivity index (χ3v) is 4.13. The molecular weight excluding hydrogens is 377 g/mol. The van der Waals surface area contributed by atoms with Crippen LogP contribution < -0.4 is 10.1 Å². The molecule has 3 rings (SSSR count). The van der Waals surface area contributed by atoms with Crippen LogP contribution in [0, 0.1) is 5.82 Å². The number of anilines is 1. The first-order chi connectivity index (χ1) is 11.6. The second-order valence-electron chi connectivity index (χ2n) is 5.13. The molecule has 0 spiro atoms. The van der Waals surface area contributed by atoms with E-state index >= 15 is 0 Å². The fraction of sp³-hybridized carbons (Fsp3) is 0.176. The van der Waals surface area contributed by atoms with Crippen LogP contribution in [0.15, 0.2) is 41.0 Å². The molecule has 0 aliphatic rings. The number of nitrogens with one attached hydrogen (secondary N) is 1. The lowest BCUT2D eigenvalue weighted by Gasteiger charge is -2.14. The second kappa shape index (κ2) is 7.11. The van der Waals surface area contributed by atoms with Crippen molar-refractivity contribution in [3.63, 3.8) is 0 Å². The number of nitrogens with zero attached hydrogens (tertiary/aromatic N) is 2. The lowest BCUT2D eigenvalue weighted by molar-refractivity contribution is 0.282. The molecule has 1 aromatic carbocycles. The Morgan fingerprint density at radius 2 is 2.08 bits per heavy atom. The summed E-state index contributed by atoms with van der Waals surface area (Å²) in [6.45, 7) is 0.0946. The van der Waals surface area contributed by atoms with Crippen molar-refractivity contribution < 1.29 is 14.2 Å². The van der Waals surface area contributed by atoms with Crippen molar-refractivity contribution in [2.45, 2.75) is 13.2 Å². The summed E-state index contributed by atoms with van der Waals surface area (Å²) in [5, 5.41) is 13.5. The van der Waals surface area contributed by atoms with Crippen molar-refractivity contribution in [1.82, 2.24) is 9.97 Å². The molecule has 7 heteroatoms. The van der Waals surface area contributed by atoms with E-state index in [9.17, 15) is 9.50 Å². The molecule has 3 aromatic rings. The number of fused-ring (bicyclic) bond motifs is 1. The van der Waals surface area contributed by atoms with Crippen LogP contribution in [0.2, 0.25) is 0 Å². The molecular formula is C17H15BrFN3O2. The summed E-state index contributed by atoms with van der Waals surface area (Å²) in [4.78, 5) is 8.51. The highest BCUT2D eigenvalue weighted by molar-refractivity contribution is 9.10. The van der Waals surface area contributed by atoms with Gasteiger partial charge in [0, 0.05) is 39.8 Å². The average Bonchev–Trinajstić information content (AvgIpc) is 2.60. The molecule has 0 radical (unpaired) electrons. The fourth-order valence-corrected chi connectivity index (χ4v) is 2.73. The average molecular weight is 392 g/mol.